The van der Waals surface area contributed by atoms with Gasteiger partial charge < -0.3 is 14.8 Å². The first kappa shape index (κ1) is 19.5. The van der Waals surface area contributed by atoms with Gasteiger partial charge in [-0.2, -0.15) is 8.78 Å². The molecule has 6 nitrogen and oxygen atoms in total. The molecule has 0 saturated carbocycles. The number of halogens is 2. The van der Waals surface area contributed by atoms with Gasteiger partial charge in [0.15, 0.2) is 17.4 Å². The highest BCUT2D eigenvalue weighted by molar-refractivity contribution is 7.13. The predicted molar refractivity (Wildman–Crippen MR) is 93.2 cm³/mol. The van der Waals surface area contributed by atoms with E-state index < -0.39 is 25.0 Å². The molecule has 2 rings (SSSR count). The number of Topliss-reactive ketones (excluding diaryl/α,β-unsaturated/α-hetero) is 1. The van der Waals surface area contributed by atoms with Gasteiger partial charge in [0.25, 0.3) is 0 Å². The summed E-state index contributed by atoms with van der Waals surface area (Å²) in [5.41, 5.74) is 0.645. The van der Waals surface area contributed by atoms with Crippen molar-refractivity contribution in [2.75, 3.05) is 18.5 Å². The van der Waals surface area contributed by atoms with Gasteiger partial charge in [-0.05, 0) is 19.1 Å². The molecule has 138 valence electrons. The summed E-state index contributed by atoms with van der Waals surface area (Å²) in [4.78, 5) is 28.2. The van der Waals surface area contributed by atoms with Gasteiger partial charge in [-0.1, -0.05) is 17.7 Å². The van der Waals surface area contributed by atoms with Crippen LogP contribution in [-0.4, -0.2) is 36.5 Å². The topological polar surface area (TPSA) is 77.5 Å². The van der Waals surface area contributed by atoms with E-state index in [2.05, 4.69) is 21.6 Å². The molecule has 1 N–H and O–H groups in total. The number of hydrogen-bond acceptors (Lipinski definition) is 7. The van der Waals surface area contributed by atoms with Crippen LogP contribution in [0.5, 0.6) is 5.75 Å². The first-order valence-corrected chi connectivity index (χ1v) is 8.34. The fraction of sp³-hybridized carbons (Fsp3) is 0.235. The number of ketones is 1. The second kappa shape index (κ2) is 9.04. The maximum Gasteiger partial charge on any atom is 0.387 e. The molecule has 0 spiro atoms. The molecule has 0 aliphatic heterocycles. The van der Waals surface area contributed by atoms with Gasteiger partial charge in [0.2, 0.25) is 5.78 Å². The zero-order chi connectivity index (χ0) is 19.1. The van der Waals surface area contributed by atoms with E-state index in [9.17, 15) is 18.4 Å². The number of nitrogens with zero attached hydrogens (tertiary/aromatic N) is 1. The Morgan fingerprint density at radius 2 is 2.19 bits per heavy atom. The fourth-order valence-electron chi connectivity index (χ4n) is 1.95. The zero-order valence-corrected chi connectivity index (χ0v) is 14.6. The average Bonchev–Trinajstić information content (AvgIpc) is 3.07. The first-order chi connectivity index (χ1) is 12.4. The number of aryl methyl sites for hydroxylation is 1. The normalized spacial score (nSPS) is 10.5. The maximum absolute atomic E-state index is 12.5. The van der Waals surface area contributed by atoms with Crippen molar-refractivity contribution in [3.8, 4) is 5.75 Å². The summed E-state index contributed by atoms with van der Waals surface area (Å²) in [6, 6.07) is 4.20. The summed E-state index contributed by atoms with van der Waals surface area (Å²) in [5.74, 6) is -1.71. The number of aromatic nitrogens is 1. The van der Waals surface area contributed by atoms with Crippen molar-refractivity contribution >= 4 is 28.2 Å². The third-order valence-corrected chi connectivity index (χ3v) is 3.90. The van der Waals surface area contributed by atoms with E-state index in [1.807, 2.05) is 0 Å². The highest BCUT2D eigenvalue weighted by Gasteiger charge is 2.19. The Morgan fingerprint density at radius 1 is 1.42 bits per heavy atom. The monoisotopic (exact) mass is 382 g/mol. The Balaban J connectivity index is 2.01. The van der Waals surface area contributed by atoms with Crippen LogP contribution in [0.1, 0.15) is 26.4 Å². The van der Waals surface area contributed by atoms with Crippen LogP contribution < -0.4 is 10.1 Å². The molecular formula is C17H16F2N2O4S. The van der Waals surface area contributed by atoms with E-state index in [4.69, 9.17) is 4.74 Å². The van der Waals surface area contributed by atoms with Crippen LogP contribution in [0.3, 0.4) is 0 Å². The van der Waals surface area contributed by atoms with Crippen LogP contribution in [-0.2, 0) is 4.74 Å². The number of anilines is 1. The van der Waals surface area contributed by atoms with Crippen molar-refractivity contribution in [1.82, 2.24) is 4.98 Å². The van der Waals surface area contributed by atoms with Gasteiger partial charge in [-0.3, -0.25) is 4.79 Å². The van der Waals surface area contributed by atoms with Crippen molar-refractivity contribution in [2.45, 2.75) is 13.5 Å². The number of thiazole rings is 1. The molecular weight excluding hydrogens is 366 g/mol. The summed E-state index contributed by atoms with van der Waals surface area (Å²) in [6.45, 7) is 2.06. The summed E-state index contributed by atoms with van der Waals surface area (Å²) < 4.78 is 34.2. The molecule has 1 aromatic heterocycles. The summed E-state index contributed by atoms with van der Waals surface area (Å²) in [5, 5.41) is 4.91. The van der Waals surface area contributed by atoms with Crippen LogP contribution in [0.4, 0.5) is 13.9 Å². The Hall–Kier alpha value is -2.81. The molecule has 0 radical (unpaired) electrons. The average molecular weight is 382 g/mol. The van der Waals surface area contributed by atoms with E-state index in [1.54, 1.807) is 13.0 Å². The van der Waals surface area contributed by atoms with Gasteiger partial charge in [-0.15, -0.1) is 17.9 Å². The Labute approximate surface area is 152 Å². The lowest BCUT2D eigenvalue weighted by Gasteiger charge is -2.11. The molecule has 0 amide bonds. The number of carbonyl (C=O) groups excluding carboxylic acids is 2. The van der Waals surface area contributed by atoms with Crippen LogP contribution in [0, 0.1) is 6.92 Å². The van der Waals surface area contributed by atoms with Crippen LogP contribution in [0.25, 0.3) is 0 Å². The van der Waals surface area contributed by atoms with Gasteiger partial charge in [0, 0.05) is 11.9 Å². The summed E-state index contributed by atoms with van der Waals surface area (Å²) in [6.07, 6.45) is 1.64. The molecule has 1 aromatic carbocycles. The van der Waals surface area contributed by atoms with Crippen molar-refractivity contribution in [3.63, 3.8) is 0 Å². The molecule has 1 heterocycles. The van der Waals surface area contributed by atoms with Crippen LogP contribution in [0.2, 0.25) is 0 Å². The van der Waals surface area contributed by atoms with Crippen molar-refractivity contribution < 1.29 is 27.8 Å². The van der Waals surface area contributed by atoms with Crippen molar-refractivity contribution in [1.29, 1.82) is 0 Å². The van der Waals surface area contributed by atoms with Gasteiger partial charge in [0.05, 0.1) is 5.56 Å². The van der Waals surface area contributed by atoms with Crippen LogP contribution in [0.15, 0.2) is 36.2 Å². The molecule has 0 aliphatic rings. The van der Waals surface area contributed by atoms with Crippen LogP contribution >= 0.6 is 11.3 Å². The molecule has 0 unspecified atom stereocenters. The lowest BCUT2D eigenvalue weighted by atomic mass is 10.1. The predicted octanol–water partition coefficient (Wildman–Crippen LogP) is 3.69. The van der Waals surface area contributed by atoms with E-state index in [0.29, 0.717) is 17.2 Å². The van der Waals surface area contributed by atoms with Crippen molar-refractivity contribution in [3.05, 3.63) is 53.1 Å². The third kappa shape index (κ3) is 5.35. The Bertz CT molecular complexity index is 808. The minimum Gasteiger partial charge on any atom is -0.453 e. The largest absolute Gasteiger partial charge is 0.453 e. The molecule has 2 aromatic rings. The molecule has 0 atom stereocenters. The number of benzene rings is 1. The fourth-order valence-corrected chi connectivity index (χ4v) is 2.64. The van der Waals surface area contributed by atoms with Gasteiger partial charge in [-0.25, -0.2) is 9.78 Å². The smallest absolute Gasteiger partial charge is 0.387 e. The number of ether oxygens (including phenoxy) is 2. The van der Waals surface area contributed by atoms with E-state index >= 15 is 0 Å². The zero-order valence-electron chi connectivity index (χ0n) is 13.8. The highest BCUT2D eigenvalue weighted by atomic mass is 32.1. The number of alkyl halides is 2. The molecule has 0 aliphatic carbocycles. The lowest BCUT2D eigenvalue weighted by molar-refractivity contribution is -0.0502. The quantitative estimate of drug-likeness (QED) is 0.405. The second-order valence-electron chi connectivity index (χ2n) is 5.08. The Kier molecular flexibility index (Phi) is 6.79. The SMILES string of the molecule is C=CCNc1nc(C(=O)OCC(=O)c2cc(C)ccc2OC(F)F)cs1. The summed E-state index contributed by atoms with van der Waals surface area (Å²) in [7, 11) is 0. The van der Waals surface area contributed by atoms with Gasteiger partial charge in [0.1, 0.15) is 5.75 Å². The van der Waals surface area contributed by atoms with E-state index in [0.717, 1.165) is 0 Å². The number of hydrogen-bond donors (Lipinski definition) is 1. The molecule has 0 bridgehead atoms. The minimum absolute atomic E-state index is 0.0441. The first-order valence-electron chi connectivity index (χ1n) is 7.46. The third-order valence-electron chi connectivity index (χ3n) is 3.10. The molecule has 26 heavy (non-hydrogen) atoms. The number of nitrogens with one attached hydrogen (secondary N) is 1. The standard InChI is InChI=1S/C17H16F2N2O4S/c1-3-6-20-17-21-12(9-26-17)15(23)24-8-13(22)11-7-10(2)4-5-14(11)25-16(18)19/h3-5,7,9,16H,1,6,8H2,2H3,(H,20,21). The lowest BCUT2D eigenvalue weighted by Crippen LogP contribution is -2.16. The number of carbonyl (C=O) groups is 2. The van der Waals surface area contributed by atoms with Crippen molar-refractivity contribution in [2.24, 2.45) is 0 Å². The number of esters is 1. The number of rotatable bonds is 9. The van der Waals surface area contributed by atoms with E-state index in [-0.39, 0.29) is 17.0 Å². The highest BCUT2D eigenvalue weighted by Crippen LogP contribution is 2.23. The second-order valence-corrected chi connectivity index (χ2v) is 5.94. The molecule has 9 heteroatoms. The Morgan fingerprint density at radius 3 is 2.88 bits per heavy atom. The molecule has 0 saturated heterocycles. The van der Waals surface area contributed by atoms with E-state index in [1.165, 1.54) is 34.9 Å². The minimum atomic E-state index is -3.07. The van der Waals surface area contributed by atoms with Gasteiger partial charge >= 0.3 is 12.6 Å². The maximum atomic E-state index is 12.5. The summed E-state index contributed by atoms with van der Waals surface area (Å²) >= 11 is 1.20. The molecule has 0 fully saturated rings.